The normalized spacial score (nSPS) is 22.1. The third-order valence-corrected chi connectivity index (χ3v) is 4.55. The van der Waals surface area contributed by atoms with Crippen molar-refractivity contribution < 1.29 is 9.90 Å². The molecule has 16 heavy (non-hydrogen) atoms. The zero-order valence-corrected chi connectivity index (χ0v) is 10.6. The van der Waals surface area contributed by atoms with E-state index in [1.807, 2.05) is 11.8 Å². The lowest BCUT2D eigenvalue weighted by molar-refractivity contribution is -0.138. The summed E-state index contributed by atoms with van der Waals surface area (Å²) in [6.45, 7) is 1.89. The van der Waals surface area contributed by atoms with Crippen LogP contribution in [0.1, 0.15) is 12.0 Å². The van der Waals surface area contributed by atoms with Crippen LogP contribution in [0.2, 0.25) is 0 Å². The molecule has 2 rings (SSSR count). The lowest BCUT2D eigenvalue weighted by Crippen LogP contribution is -2.42. The zero-order valence-electron chi connectivity index (χ0n) is 8.96. The quantitative estimate of drug-likeness (QED) is 0.897. The van der Waals surface area contributed by atoms with Gasteiger partial charge < -0.3 is 5.11 Å². The predicted octanol–water partition coefficient (Wildman–Crippen LogP) is 2.14. The van der Waals surface area contributed by atoms with Gasteiger partial charge in [0.1, 0.15) is 0 Å². The van der Waals surface area contributed by atoms with Crippen molar-refractivity contribution in [3.8, 4) is 0 Å². The Morgan fingerprint density at radius 2 is 2.50 bits per heavy atom. The van der Waals surface area contributed by atoms with E-state index in [1.54, 1.807) is 11.3 Å². The minimum absolute atomic E-state index is 0.191. The summed E-state index contributed by atoms with van der Waals surface area (Å²) < 4.78 is 0. The molecule has 1 aliphatic heterocycles. The van der Waals surface area contributed by atoms with Gasteiger partial charge in [0.2, 0.25) is 0 Å². The van der Waals surface area contributed by atoms with Gasteiger partial charge in [0.15, 0.2) is 0 Å². The van der Waals surface area contributed by atoms with Crippen LogP contribution in [0.3, 0.4) is 0 Å². The summed E-state index contributed by atoms with van der Waals surface area (Å²) in [5, 5.41) is 13.1. The van der Waals surface area contributed by atoms with Gasteiger partial charge in [-0.15, -0.1) is 0 Å². The molecule has 1 saturated heterocycles. The maximum absolute atomic E-state index is 10.8. The highest BCUT2D eigenvalue weighted by Gasteiger charge is 2.24. The summed E-state index contributed by atoms with van der Waals surface area (Å²) in [6, 6.07) is 2.31. The largest absolute Gasteiger partial charge is 0.481 e. The van der Waals surface area contributed by atoms with Gasteiger partial charge in [0.25, 0.3) is 0 Å². The van der Waals surface area contributed by atoms with Crippen LogP contribution in [0.15, 0.2) is 16.8 Å². The van der Waals surface area contributed by atoms with E-state index < -0.39 is 5.97 Å². The van der Waals surface area contributed by atoms with Crippen molar-refractivity contribution in [2.24, 2.45) is 0 Å². The van der Waals surface area contributed by atoms with E-state index in [9.17, 15) is 4.79 Å². The van der Waals surface area contributed by atoms with Gasteiger partial charge in [-0.3, -0.25) is 9.69 Å². The van der Waals surface area contributed by atoms with Crippen LogP contribution in [0, 0.1) is 0 Å². The van der Waals surface area contributed by atoms with Gasteiger partial charge in [-0.25, -0.2) is 0 Å². The van der Waals surface area contributed by atoms with E-state index in [-0.39, 0.29) is 12.5 Å². The Morgan fingerprint density at radius 1 is 1.62 bits per heavy atom. The molecule has 1 fully saturated rings. The number of rotatable bonds is 4. The first-order valence-corrected chi connectivity index (χ1v) is 7.40. The maximum Gasteiger partial charge on any atom is 0.304 e. The first kappa shape index (κ1) is 12.0. The van der Waals surface area contributed by atoms with Crippen molar-refractivity contribution in [3.63, 3.8) is 0 Å². The molecule has 88 valence electrons. The van der Waals surface area contributed by atoms with Crippen LogP contribution in [-0.4, -0.2) is 40.1 Å². The maximum atomic E-state index is 10.8. The minimum atomic E-state index is -0.692. The number of aliphatic carboxylic acids is 1. The summed E-state index contributed by atoms with van der Waals surface area (Å²) in [7, 11) is 0. The average Bonchev–Trinajstić information content (AvgIpc) is 2.73. The Kier molecular flexibility index (Phi) is 4.26. The molecule has 0 aliphatic carbocycles. The molecule has 1 unspecified atom stereocenters. The lowest BCUT2D eigenvalue weighted by atomic mass is 10.1. The van der Waals surface area contributed by atoms with Crippen molar-refractivity contribution >= 4 is 29.1 Å². The first-order valence-electron chi connectivity index (χ1n) is 5.30. The van der Waals surface area contributed by atoms with E-state index >= 15 is 0 Å². The van der Waals surface area contributed by atoms with Gasteiger partial charge in [-0.2, -0.15) is 23.1 Å². The third-order valence-electron chi connectivity index (χ3n) is 2.73. The van der Waals surface area contributed by atoms with E-state index in [2.05, 4.69) is 21.7 Å². The first-order chi connectivity index (χ1) is 7.75. The second kappa shape index (κ2) is 5.70. The molecule has 1 N–H and O–H groups in total. The van der Waals surface area contributed by atoms with Crippen molar-refractivity contribution in [3.05, 3.63) is 22.4 Å². The molecule has 5 heteroatoms. The fraction of sp³-hybridized carbons (Fsp3) is 0.545. The molecule has 0 radical (unpaired) electrons. The Balaban J connectivity index is 1.96. The fourth-order valence-electron chi connectivity index (χ4n) is 1.90. The van der Waals surface area contributed by atoms with Crippen LogP contribution in [0.5, 0.6) is 0 Å². The molecular formula is C11H15NO2S2. The molecule has 0 bridgehead atoms. The summed E-state index contributed by atoms with van der Waals surface area (Å²) >= 11 is 3.55. The molecule has 1 aliphatic rings. The van der Waals surface area contributed by atoms with Gasteiger partial charge in [0, 0.05) is 30.6 Å². The lowest BCUT2D eigenvalue weighted by Gasteiger charge is -2.34. The van der Waals surface area contributed by atoms with Crippen molar-refractivity contribution in [1.29, 1.82) is 0 Å². The molecular weight excluding hydrogens is 242 g/mol. The number of thioether (sulfide) groups is 1. The molecule has 0 aromatic carbocycles. The topological polar surface area (TPSA) is 40.5 Å². The van der Waals surface area contributed by atoms with Crippen LogP contribution in [-0.2, 0) is 11.3 Å². The average molecular weight is 257 g/mol. The molecule has 0 amide bonds. The Hall–Kier alpha value is -0.520. The van der Waals surface area contributed by atoms with Crippen LogP contribution in [0.4, 0.5) is 0 Å². The van der Waals surface area contributed by atoms with Crippen molar-refractivity contribution in [2.75, 3.05) is 18.1 Å². The SMILES string of the molecule is O=C(O)CC1CSCCN1Cc1ccsc1. The third kappa shape index (κ3) is 3.23. The monoisotopic (exact) mass is 257 g/mol. The molecule has 1 atom stereocenters. The van der Waals surface area contributed by atoms with E-state index in [1.165, 1.54) is 5.56 Å². The highest BCUT2D eigenvalue weighted by molar-refractivity contribution is 7.99. The number of nitrogens with zero attached hydrogens (tertiary/aromatic N) is 1. The van der Waals surface area contributed by atoms with Gasteiger partial charge in [0.05, 0.1) is 6.42 Å². The Labute approximate surface area is 103 Å². The standard InChI is InChI=1S/C11H15NO2S2/c13-11(14)5-10-8-16-4-2-12(10)6-9-1-3-15-7-9/h1,3,7,10H,2,4-6,8H2,(H,13,14). The number of carboxylic acids is 1. The van der Waals surface area contributed by atoms with E-state index in [0.29, 0.717) is 0 Å². The van der Waals surface area contributed by atoms with Gasteiger partial charge in [-0.05, 0) is 22.4 Å². The highest BCUT2D eigenvalue weighted by Crippen LogP contribution is 2.21. The number of carbonyl (C=O) groups is 1. The highest BCUT2D eigenvalue weighted by atomic mass is 32.2. The Bertz CT molecular complexity index is 340. The summed E-state index contributed by atoms with van der Waals surface area (Å²) in [5.74, 6) is 1.36. The Morgan fingerprint density at radius 3 is 3.19 bits per heavy atom. The number of carboxylic acid groups (broad SMARTS) is 1. The number of hydrogen-bond acceptors (Lipinski definition) is 4. The second-order valence-electron chi connectivity index (χ2n) is 3.93. The minimum Gasteiger partial charge on any atom is -0.481 e. The second-order valence-corrected chi connectivity index (χ2v) is 5.86. The number of hydrogen-bond donors (Lipinski definition) is 1. The van der Waals surface area contributed by atoms with Crippen LogP contribution >= 0.6 is 23.1 Å². The van der Waals surface area contributed by atoms with Crippen molar-refractivity contribution in [1.82, 2.24) is 4.90 Å². The molecule has 1 aromatic heterocycles. The van der Waals surface area contributed by atoms with Crippen LogP contribution < -0.4 is 0 Å². The van der Waals surface area contributed by atoms with Crippen LogP contribution in [0.25, 0.3) is 0 Å². The smallest absolute Gasteiger partial charge is 0.304 e. The van der Waals surface area contributed by atoms with Gasteiger partial charge in [-0.1, -0.05) is 0 Å². The molecule has 0 saturated carbocycles. The molecule has 0 spiro atoms. The van der Waals surface area contributed by atoms with Crippen molar-refractivity contribution in [2.45, 2.75) is 19.0 Å². The molecule has 2 heterocycles. The predicted molar refractivity (Wildman–Crippen MR) is 68.1 cm³/mol. The van der Waals surface area contributed by atoms with E-state index in [4.69, 9.17) is 5.11 Å². The fourth-order valence-corrected chi connectivity index (χ4v) is 3.69. The summed E-state index contributed by atoms with van der Waals surface area (Å²) in [6.07, 6.45) is 0.261. The molecule has 1 aromatic rings. The van der Waals surface area contributed by atoms with Gasteiger partial charge >= 0.3 is 5.97 Å². The zero-order chi connectivity index (χ0) is 11.4. The molecule has 3 nitrogen and oxygen atoms in total. The number of thiophene rings is 1. The summed E-state index contributed by atoms with van der Waals surface area (Å²) in [5.41, 5.74) is 1.30. The summed E-state index contributed by atoms with van der Waals surface area (Å²) in [4.78, 5) is 13.1. The van der Waals surface area contributed by atoms with E-state index in [0.717, 1.165) is 24.6 Å².